The molecule has 0 saturated heterocycles. The van der Waals surface area contributed by atoms with Crippen molar-refractivity contribution in [1.82, 2.24) is 5.32 Å². The highest BCUT2D eigenvalue weighted by Gasteiger charge is 2.29. The van der Waals surface area contributed by atoms with Crippen molar-refractivity contribution in [2.45, 2.75) is 71.7 Å². The Bertz CT molecular complexity index is 413. The maximum Gasteiger partial charge on any atom is 0.177 e. The summed E-state index contributed by atoms with van der Waals surface area (Å²) in [7, 11) is 0. The van der Waals surface area contributed by atoms with Crippen LogP contribution in [0.3, 0.4) is 0 Å². The molecular weight excluding hydrogens is 338 g/mol. The van der Waals surface area contributed by atoms with Gasteiger partial charge in [0.2, 0.25) is 0 Å². The lowest BCUT2D eigenvalue weighted by Crippen LogP contribution is -2.46. The van der Waals surface area contributed by atoms with Gasteiger partial charge in [-0.2, -0.15) is 0 Å². The number of hydrogen-bond acceptors (Lipinski definition) is 7. The molecule has 154 valence electrons. The summed E-state index contributed by atoms with van der Waals surface area (Å²) in [5, 5.41) is 39.9. The van der Waals surface area contributed by atoms with Gasteiger partial charge in [-0.15, -0.1) is 0 Å². The Hall–Kier alpha value is -0.860. The van der Waals surface area contributed by atoms with Crippen LogP contribution < -0.4 is 5.32 Å². The molecule has 0 rings (SSSR count). The molecule has 0 aliphatic rings. The second kappa shape index (κ2) is 13.3. The molecule has 7 heteroatoms. The zero-order valence-electron chi connectivity index (χ0n) is 16.5. The molecular formula is C19H37NO6. The molecule has 26 heavy (non-hydrogen) atoms. The van der Waals surface area contributed by atoms with Gasteiger partial charge in [0.05, 0.1) is 13.2 Å². The minimum absolute atomic E-state index is 0.0386. The molecule has 0 heterocycles. The van der Waals surface area contributed by atoms with Gasteiger partial charge in [0.25, 0.3) is 0 Å². The van der Waals surface area contributed by atoms with Crippen LogP contribution in [0.1, 0.15) is 53.4 Å². The quantitative estimate of drug-likeness (QED) is 0.260. The van der Waals surface area contributed by atoms with Crippen molar-refractivity contribution in [3.8, 4) is 0 Å². The Kier molecular flexibility index (Phi) is 12.9. The number of aliphatic hydroxyl groups is 4. The van der Waals surface area contributed by atoms with Crippen molar-refractivity contribution < 1.29 is 30.0 Å². The molecule has 0 bridgehead atoms. The lowest BCUT2D eigenvalue weighted by Gasteiger charge is -2.21. The van der Waals surface area contributed by atoms with Crippen molar-refractivity contribution >= 4 is 11.6 Å². The molecule has 0 aliphatic heterocycles. The molecule has 0 saturated carbocycles. The third-order valence-electron chi connectivity index (χ3n) is 4.42. The lowest BCUT2D eigenvalue weighted by molar-refractivity contribution is -0.139. The standard InChI is InChI=1S/C19H37NO6/c1-12(2)9-14(17(24)13(3)4)7-5-6-8-20-10-15(22)18(25)19(26)16(23)11-21/h12-14,16,18-21,23,25-26H,5-11H2,1-4H3. The zero-order valence-corrected chi connectivity index (χ0v) is 16.5. The summed E-state index contributed by atoms with van der Waals surface area (Å²) in [5.41, 5.74) is 0. The third-order valence-corrected chi connectivity index (χ3v) is 4.42. The van der Waals surface area contributed by atoms with Crippen LogP contribution in [0.5, 0.6) is 0 Å². The number of unbranched alkanes of at least 4 members (excludes halogenated alkanes) is 1. The summed E-state index contributed by atoms with van der Waals surface area (Å²) in [4.78, 5) is 24.0. The molecule has 0 amide bonds. The number of ketones is 2. The van der Waals surface area contributed by atoms with Gasteiger partial charge in [-0.3, -0.25) is 9.59 Å². The van der Waals surface area contributed by atoms with Gasteiger partial charge in [-0.25, -0.2) is 0 Å². The summed E-state index contributed by atoms with van der Waals surface area (Å²) in [6.07, 6.45) is -1.60. The number of aliphatic hydroxyl groups excluding tert-OH is 4. The Morgan fingerprint density at radius 2 is 1.62 bits per heavy atom. The highest BCUT2D eigenvalue weighted by Crippen LogP contribution is 2.22. The van der Waals surface area contributed by atoms with Gasteiger partial charge >= 0.3 is 0 Å². The van der Waals surface area contributed by atoms with Crippen molar-refractivity contribution in [3.05, 3.63) is 0 Å². The minimum atomic E-state index is -1.73. The predicted octanol–water partition coefficient (Wildman–Crippen LogP) is 0.278. The second-order valence-electron chi connectivity index (χ2n) is 7.71. The van der Waals surface area contributed by atoms with Gasteiger partial charge < -0.3 is 25.7 Å². The molecule has 0 aromatic carbocycles. The number of hydrogen-bond donors (Lipinski definition) is 5. The fraction of sp³-hybridized carbons (Fsp3) is 0.895. The van der Waals surface area contributed by atoms with Crippen LogP contribution in [0.4, 0.5) is 0 Å². The van der Waals surface area contributed by atoms with Crippen molar-refractivity contribution in [3.63, 3.8) is 0 Å². The van der Waals surface area contributed by atoms with E-state index in [4.69, 9.17) is 5.11 Å². The molecule has 4 atom stereocenters. The van der Waals surface area contributed by atoms with Crippen LogP contribution >= 0.6 is 0 Å². The van der Waals surface area contributed by atoms with E-state index in [1.165, 1.54) is 0 Å². The number of carbonyl (C=O) groups is 2. The molecule has 0 aromatic heterocycles. The first-order valence-corrected chi connectivity index (χ1v) is 9.53. The first-order valence-electron chi connectivity index (χ1n) is 9.53. The smallest absolute Gasteiger partial charge is 0.177 e. The van der Waals surface area contributed by atoms with Crippen molar-refractivity contribution in [2.24, 2.45) is 17.8 Å². The van der Waals surface area contributed by atoms with Crippen molar-refractivity contribution in [2.75, 3.05) is 19.7 Å². The molecule has 0 aliphatic carbocycles. The predicted molar refractivity (Wildman–Crippen MR) is 99.6 cm³/mol. The van der Waals surface area contributed by atoms with Crippen LogP contribution in [-0.4, -0.2) is 70.0 Å². The van der Waals surface area contributed by atoms with Crippen LogP contribution in [-0.2, 0) is 9.59 Å². The van der Waals surface area contributed by atoms with E-state index in [9.17, 15) is 24.9 Å². The second-order valence-corrected chi connectivity index (χ2v) is 7.71. The lowest BCUT2D eigenvalue weighted by atomic mass is 9.84. The number of nitrogens with one attached hydrogen (secondary N) is 1. The molecule has 0 aromatic rings. The number of rotatable bonds is 15. The third kappa shape index (κ3) is 9.73. The minimum Gasteiger partial charge on any atom is -0.394 e. The zero-order chi connectivity index (χ0) is 20.3. The van der Waals surface area contributed by atoms with Gasteiger partial charge in [-0.1, -0.05) is 34.1 Å². The van der Waals surface area contributed by atoms with Crippen molar-refractivity contribution in [1.29, 1.82) is 0 Å². The molecule has 7 nitrogen and oxygen atoms in total. The van der Waals surface area contributed by atoms with Crippen LogP contribution in [0.25, 0.3) is 0 Å². The number of carbonyl (C=O) groups excluding carboxylic acids is 2. The Morgan fingerprint density at radius 3 is 2.12 bits per heavy atom. The molecule has 0 spiro atoms. The molecule has 0 fully saturated rings. The maximum absolute atomic E-state index is 12.3. The van der Waals surface area contributed by atoms with Gasteiger partial charge in [0.15, 0.2) is 5.78 Å². The molecule has 4 unspecified atom stereocenters. The van der Waals surface area contributed by atoms with E-state index in [-0.39, 0.29) is 18.4 Å². The van der Waals surface area contributed by atoms with Gasteiger partial charge in [0.1, 0.15) is 24.1 Å². The largest absolute Gasteiger partial charge is 0.394 e. The molecule has 5 N–H and O–H groups in total. The highest BCUT2D eigenvalue weighted by molar-refractivity contribution is 5.85. The Balaban J connectivity index is 4.10. The fourth-order valence-electron chi connectivity index (χ4n) is 2.88. The van der Waals surface area contributed by atoms with E-state index in [1.54, 1.807) is 0 Å². The average Bonchev–Trinajstić information content (AvgIpc) is 2.59. The van der Waals surface area contributed by atoms with Gasteiger partial charge in [-0.05, 0) is 31.7 Å². The fourth-order valence-corrected chi connectivity index (χ4v) is 2.88. The Labute approximate surface area is 156 Å². The topological polar surface area (TPSA) is 127 Å². The van der Waals surface area contributed by atoms with E-state index >= 15 is 0 Å². The van der Waals surface area contributed by atoms with E-state index in [1.807, 2.05) is 13.8 Å². The van der Waals surface area contributed by atoms with E-state index in [0.717, 1.165) is 25.7 Å². The highest BCUT2D eigenvalue weighted by atomic mass is 16.4. The van der Waals surface area contributed by atoms with Crippen LogP contribution in [0.15, 0.2) is 0 Å². The van der Waals surface area contributed by atoms with Crippen LogP contribution in [0, 0.1) is 17.8 Å². The molecule has 0 radical (unpaired) electrons. The monoisotopic (exact) mass is 375 g/mol. The maximum atomic E-state index is 12.3. The summed E-state index contributed by atoms with van der Waals surface area (Å²) >= 11 is 0. The normalized spacial score (nSPS) is 16.5. The number of Topliss-reactive ketones (excluding diaryl/α,β-unsaturated/α-hetero) is 2. The van der Waals surface area contributed by atoms with Gasteiger partial charge in [0, 0.05) is 11.8 Å². The van der Waals surface area contributed by atoms with E-state index < -0.39 is 30.7 Å². The van der Waals surface area contributed by atoms with E-state index in [0.29, 0.717) is 18.2 Å². The Morgan fingerprint density at radius 1 is 1.00 bits per heavy atom. The summed E-state index contributed by atoms with van der Waals surface area (Å²) in [6.45, 7) is 7.78. The summed E-state index contributed by atoms with van der Waals surface area (Å²) in [6, 6.07) is 0. The van der Waals surface area contributed by atoms with Crippen LogP contribution in [0.2, 0.25) is 0 Å². The average molecular weight is 376 g/mol. The summed E-state index contributed by atoms with van der Waals surface area (Å²) in [5.74, 6) is 0.255. The summed E-state index contributed by atoms with van der Waals surface area (Å²) < 4.78 is 0. The first kappa shape index (κ1) is 25.1. The SMILES string of the molecule is CC(C)CC(CCCCNCC(=O)C(O)C(O)C(O)CO)C(=O)C(C)C. The van der Waals surface area contributed by atoms with E-state index in [2.05, 4.69) is 19.2 Å². The first-order chi connectivity index (χ1) is 12.1.